The van der Waals surface area contributed by atoms with E-state index in [1.807, 2.05) is 32.0 Å². The third kappa shape index (κ3) is 5.27. The molecular weight excluding hydrogens is 543 g/mol. The van der Waals surface area contributed by atoms with Crippen LogP contribution in [0.25, 0.3) is 0 Å². The number of hydrogen-bond donors (Lipinski definition) is 1. The minimum atomic E-state index is -4.64. The lowest BCUT2D eigenvalue weighted by molar-refractivity contribution is -0.137. The molecule has 1 aliphatic heterocycles. The molecule has 0 bridgehead atoms. The second-order valence-electron chi connectivity index (χ2n) is 10.5. The quantitative estimate of drug-likeness (QED) is 0.312. The highest BCUT2D eigenvalue weighted by Crippen LogP contribution is 2.49. The van der Waals surface area contributed by atoms with Crippen molar-refractivity contribution in [2.45, 2.75) is 62.8 Å². The molecule has 2 aliphatic rings. The van der Waals surface area contributed by atoms with Crippen molar-refractivity contribution in [3.63, 3.8) is 0 Å². The van der Waals surface area contributed by atoms with Gasteiger partial charge in [-0.05, 0) is 74.1 Å². The highest BCUT2D eigenvalue weighted by molar-refractivity contribution is 7.98. The zero-order valence-corrected chi connectivity index (χ0v) is 23.9. The predicted octanol–water partition coefficient (Wildman–Crippen LogP) is 8.23. The van der Waals surface area contributed by atoms with Crippen LogP contribution in [0.2, 0.25) is 0 Å². The summed E-state index contributed by atoms with van der Waals surface area (Å²) in [6, 6.07) is 19.6. The molecule has 41 heavy (non-hydrogen) atoms. The van der Waals surface area contributed by atoms with Gasteiger partial charge < -0.3 is 5.73 Å². The lowest BCUT2D eigenvalue weighted by Gasteiger charge is -2.41. The Kier molecular flexibility index (Phi) is 7.76. The highest BCUT2D eigenvalue weighted by atomic mass is 32.2. The van der Waals surface area contributed by atoms with Crippen molar-refractivity contribution >= 4 is 23.2 Å². The second-order valence-corrected chi connectivity index (χ2v) is 11.5. The average Bonchev–Trinajstić information content (AvgIpc) is 2.93. The van der Waals surface area contributed by atoms with Crippen LogP contribution in [-0.4, -0.2) is 5.78 Å². The Balaban J connectivity index is 1.68. The van der Waals surface area contributed by atoms with Gasteiger partial charge >= 0.3 is 6.18 Å². The van der Waals surface area contributed by atoms with E-state index < -0.39 is 17.7 Å². The molecule has 1 unspecified atom stereocenters. The number of benzene rings is 3. The van der Waals surface area contributed by atoms with Gasteiger partial charge in [0.1, 0.15) is 5.82 Å². The number of ketones is 1. The van der Waals surface area contributed by atoms with Gasteiger partial charge in [0.05, 0.1) is 28.8 Å². The second kappa shape index (κ2) is 11.1. The normalized spacial score (nSPS) is 17.5. The summed E-state index contributed by atoms with van der Waals surface area (Å²) in [6.45, 7) is 6.01. The lowest BCUT2D eigenvalue weighted by atomic mass is 9.73. The van der Waals surface area contributed by atoms with Crippen molar-refractivity contribution in [2.24, 2.45) is 5.73 Å². The maximum absolute atomic E-state index is 14.1. The molecule has 0 saturated heterocycles. The van der Waals surface area contributed by atoms with Gasteiger partial charge in [0.25, 0.3) is 0 Å². The number of nitrogens with zero attached hydrogens (tertiary/aromatic N) is 2. The van der Waals surface area contributed by atoms with E-state index in [2.05, 4.69) is 31.2 Å². The monoisotopic (exact) mass is 573 g/mol. The molecule has 8 heteroatoms. The number of anilines is 1. The van der Waals surface area contributed by atoms with Crippen molar-refractivity contribution in [1.29, 1.82) is 5.26 Å². The summed E-state index contributed by atoms with van der Waals surface area (Å²) in [4.78, 5) is 16.0. The summed E-state index contributed by atoms with van der Waals surface area (Å²) in [5.41, 5.74) is 11.4. The maximum Gasteiger partial charge on any atom is 0.418 e. The SMILES string of the molecule is Cc1cc(CSc2ccccc2C)c(C)c(C2C(C#N)=C(N)N(c3ccccc3C(F)(F)F)C3=C2C(=O)CCC3)c1. The van der Waals surface area contributed by atoms with Gasteiger partial charge in [0.15, 0.2) is 5.78 Å². The Morgan fingerprint density at radius 3 is 2.46 bits per heavy atom. The summed E-state index contributed by atoms with van der Waals surface area (Å²) in [7, 11) is 0. The molecule has 1 atom stereocenters. The van der Waals surface area contributed by atoms with Crippen molar-refractivity contribution in [3.05, 3.63) is 117 Å². The van der Waals surface area contributed by atoms with E-state index in [0.717, 1.165) is 28.3 Å². The summed E-state index contributed by atoms with van der Waals surface area (Å²) < 4.78 is 42.2. The van der Waals surface area contributed by atoms with Crippen LogP contribution < -0.4 is 10.6 Å². The molecule has 210 valence electrons. The first-order valence-electron chi connectivity index (χ1n) is 13.4. The molecule has 1 aliphatic carbocycles. The summed E-state index contributed by atoms with van der Waals surface area (Å²) in [5, 5.41) is 10.4. The molecule has 0 amide bonds. The van der Waals surface area contributed by atoms with E-state index >= 15 is 0 Å². The topological polar surface area (TPSA) is 70.1 Å². The van der Waals surface area contributed by atoms with Crippen molar-refractivity contribution in [3.8, 4) is 6.07 Å². The number of nitrogens with two attached hydrogens (primary N) is 1. The molecule has 0 radical (unpaired) electrons. The lowest BCUT2D eigenvalue weighted by Crippen LogP contribution is -2.39. The number of thioether (sulfide) groups is 1. The van der Waals surface area contributed by atoms with Gasteiger partial charge in [-0.1, -0.05) is 48.0 Å². The molecule has 3 aromatic rings. The average molecular weight is 574 g/mol. The van der Waals surface area contributed by atoms with Crippen LogP contribution in [0, 0.1) is 32.1 Å². The standard InChI is InChI=1S/C33H30F3N3OS/c1-19-15-22(18-41-29-14-7-4-9-20(29)2)21(3)23(16-19)30-24(17-37)32(38)39(27-12-8-13-28(40)31(27)30)26-11-6-5-10-25(26)33(34,35)36/h4-7,9-11,14-16,30H,8,12-13,18,38H2,1-3H3. The van der Waals surface area contributed by atoms with Gasteiger partial charge in [-0.2, -0.15) is 18.4 Å². The van der Waals surface area contributed by atoms with Crippen LogP contribution >= 0.6 is 11.8 Å². The predicted molar refractivity (Wildman–Crippen MR) is 156 cm³/mol. The molecule has 0 spiro atoms. The van der Waals surface area contributed by atoms with Crippen LogP contribution in [-0.2, 0) is 16.7 Å². The largest absolute Gasteiger partial charge is 0.418 e. The number of hydrogen-bond acceptors (Lipinski definition) is 5. The number of alkyl halides is 3. The number of carbonyl (C=O) groups is 1. The number of allylic oxidation sites excluding steroid dienone is 3. The molecule has 1 heterocycles. The van der Waals surface area contributed by atoms with E-state index in [1.54, 1.807) is 11.8 Å². The fourth-order valence-corrected chi connectivity index (χ4v) is 6.95. The minimum absolute atomic E-state index is 0.0700. The van der Waals surface area contributed by atoms with Gasteiger partial charge in [0, 0.05) is 28.3 Å². The fraction of sp³-hybridized carbons (Fsp3) is 0.273. The minimum Gasteiger partial charge on any atom is -0.384 e. The van der Waals surface area contributed by atoms with Crippen LogP contribution in [0.4, 0.5) is 18.9 Å². The van der Waals surface area contributed by atoms with Crippen molar-refractivity contribution in [2.75, 3.05) is 4.90 Å². The smallest absolute Gasteiger partial charge is 0.384 e. The third-order valence-corrected chi connectivity index (χ3v) is 9.08. The molecule has 4 nitrogen and oxygen atoms in total. The first-order valence-corrected chi connectivity index (χ1v) is 14.4. The van der Waals surface area contributed by atoms with Gasteiger partial charge in [-0.25, -0.2) is 0 Å². The fourth-order valence-electron chi connectivity index (χ4n) is 5.87. The number of Topliss-reactive ketones (excluding diaryl/α,β-unsaturated/α-hetero) is 1. The zero-order valence-electron chi connectivity index (χ0n) is 23.1. The number of carbonyl (C=O) groups excluding carboxylic acids is 1. The van der Waals surface area contributed by atoms with Crippen LogP contribution in [0.5, 0.6) is 0 Å². The Bertz CT molecular complexity index is 1650. The van der Waals surface area contributed by atoms with Crippen LogP contribution in [0.1, 0.15) is 58.6 Å². The maximum atomic E-state index is 14.1. The summed E-state index contributed by atoms with van der Waals surface area (Å²) in [6.07, 6.45) is -3.50. The number of aryl methyl sites for hydroxylation is 2. The molecule has 0 aromatic heterocycles. The van der Waals surface area contributed by atoms with Crippen LogP contribution in [0.3, 0.4) is 0 Å². The van der Waals surface area contributed by atoms with Gasteiger partial charge in [-0.3, -0.25) is 9.69 Å². The van der Waals surface area contributed by atoms with E-state index in [9.17, 15) is 23.2 Å². The van der Waals surface area contributed by atoms with Crippen molar-refractivity contribution in [1.82, 2.24) is 0 Å². The van der Waals surface area contributed by atoms with Gasteiger partial charge in [0.2, 0.25) is 0 Å². The molecule has 3 aromatic carbocycles. The van der Waals surface area contributed by atoms with Gasteiger partial charge in [-0.15, -0.1) is 11.8 Å². The van der Waals surface area contributed by atoms with Crippen molar-refractivity contribution < 1.29 is 18.0 Å². The molecule has 0 saturated carbocycles. The van der Waals surface area contributed by atoms with E-state index in [4.69, 9.17) is 5.73 Å². The first kappa shape index (κ1) is 28.6. The number of rotatable bonds is 5. The Hall–Kier alpha value is -3.96. The third-order valence-electron chi connectivity index (χ3n) is 7.85. The highest BCUT2D eigenvalue weighted by Gasteiger charge is 2.43. The Labute approximate surface area is 242 Å². The Morgan fingerprint density at radius 1 is 1.05 bits per heavy atom. The van der Waals surface area contributed by atoms with E-state index in [-0.39, 0.29) is 29.3 Å². The van der Waals surface area contributed by atoms with E-state index in [0.29, 0.717) is 29.9 Å². The summed E-state index contributed by atoms with van der Waals surface area (Å²) >= 11 is 1.71. The molecule has 2 N–H and O–H groups in total. The van der Waals surface area contributed by atoms with Crippen LogP contribution in [0.15, 0.2) is 88.2 Å². The summed E-state index contributed by atoms with van der Waals surface area (Å²) in [5.74, 6) is -0.300. The molecular formula is C33H30F3N3OS. The zero-order chi connectivity index (χ0) is 29.5. The van der Waals surface area contributed by atoms with E-state index in [1.165, 1.54) is 33.6 Å². The first-order chi connectivity index (χ1) is 19.5. The number of para-hydroxylation sites is 1. The Morgan fingerprint density at radius 2 is 1.76 bits per heavy atom. The number of nitriles is 1. The molecule has 5 rings (SSSR count). The number of halogens is 3. The molecule has 0 fully saturated rings.